The van der Waals surface area contributed by atoms with Gasteiger partial charge < -0.3 is 4.74 Å². The highest BCUT2D eigenvalue weighted by Crippen LogP contribution is 2.29. The minimum absolute atomic E-state index is 0.0164. The van der Waals surface area contributed by atoms with Crippen LogP contribution in [0, 0.1) is 0 Å². The molecule has 5 heteroatoms. The van der Waals surface area contributed by atoms with Crippen LogP contribution < -0.4 is 4.74 Å². The summed E-state index contributed by atoms with van der Waals surface area (Å²) in [6.07, 6.45) is 1.35. The Balaban J connectivity index is 1.53. The fourth-order valence-electron chi connectivity index (χ4n) is 3.08. The molecule has 2 aromatic rings. The summed E-state index contributed by atoms with van der Waals surface area (Å²) in [7, 11) is 0. The molecule has 25 heavy (non-hydrogen) atoms. The van der Waals surface area contributed by atoms with Gasteiger partial charge in [0.1, 0.15) is 12.4 Å². The Morgan fingerprint density at radius 2 is 1.88 bits per heavy atom. The second-order valence-corrected chi connectivity index (χ2v) is 7.38. The predicted molar refractivity (Wildman–Crippen MR) is 99.2 cm³/mol. The zero-order chi connectivity index (χ0) is 17.7. The number of alkyl halides is 2. The fraction of sp³-hybridized carbons (Fsp3) is 0.400. The van der Waals surface area contributed by atoms with Gasteiger partial charge in [0.2, 0.25) is 0 Å². The molecule has 3 rings (SSSR count). The van der Waals surface area contributed by atoms with E-state index >= 15 is 0 Å². The van der Waals surface area contributed by atoms with Gasteiger partial charge in [-0.3, -0.25) is 4.90 Å². The number of ether oxygens (including phenoxy) is 1. The SMILES string of the molecule is FC1(F)CCCN(CCc2ccc(OCc3ccccc3)c(Br)c2)C1. The predicted octanol–water partition coefficient (Wildman–Crippen LogP) is 5.30. The Labute approximate surface area is 155 Å². The number of nitrogens with zero attached hydrogens (tertiary/aromatic N) is 1. The molecule has 1 saturated heterocycles. The molecule has 0 atom stereocenters. The van der Waals surface area contributed by atoms with Crippen molar-refractivity contribution >= 4 is 15.9 Å². The van der Waals surface area contributed by atoms with E-state index in [2.05, 4.69) is 15.9 Å². The number of hydrogen-bond acceptors (Lipinski definition) is 2. The van der Waals surface area contributed by atoms with Crippen LogP contribution in [0.25, 0.3) is 0 Å². The largest absolute Gasteiger partial charge is 0.488 e. The lowest BCUT2D eigenvalue weighted by atomic mass is 10.1. The Morgan fingerprint density at radius 1 is 1.08 bits per heavy atom. The summed E-state index contributed by atoms with van der Waals surface area (Å²) in [6, 6.07) is 16.0. The normalized spacial score (nSPS) is 17.4. The fourth-order valence-corrected chi connectivity index (χ4v) is 3.62. The molecule has 1 aliphatic heterocycles. The van der Waals surface area contributed by atoms with Gasteiger partial charge in [-0.15, -0.1) is 0 Å². The summed E-state index contributed by atoms with van der Waals surface area (Å²) in [4.78, 5) is 1.86. The third kappa shape index (κ3) is 5.51. The van der Waals surface area contributed by atoms with Crippen molar-refractivity contribution in [1.29, 1.82) is 0 Å². The first-order valence-electron chi connectivity index (χ1n) is 8.57. The molecule has 0 amide bonds. The van der Waals surface area contributed by atoms with Crippen molar-refractivity contribution in [2.45, 2.75) is 31.8 Å². The molecular formula is C20H22BrF2NO. The van der Waals surface area contributed by atoms with E-state index in [0.717, 1.165) is 34.3 Å². The van der Waals surface area contributed by atoms with Crippen LogP contribution in [0.4, 0.5) is 8.78 Å². The highest BCUT2D eigenvalue weighted by molar-refractivity contribution is 9.10. The Kier molecular flexibility index (Phi) is 6.07. The lowest BCUT2D eigenvalue weighted by Crippen LogP contribution is -2.43. The average molecular weight is 410 g/mol. The van der Waals surface area contributed by atoms with E-state index in [1.165, 1.54) is 0 Å². The highest BCUT2D eigenvalue weighted by atomic mass is 79.9. The molecule has 1 heterocycles. The minimum atomic E-state index is -2.53. The first-order chi connectivity index (χ1) is 12.0. The molecule has 1 aliphatic rings. The minimum Gasteiger partial charge on any atom is -0.488 e. The van der Waals surface area contributed by atoms with Crippen molar-refractivity contribution in [3.05, 3.63) is 64.1 Å². The Bertz CT molecular complexity index is 693. The Hall–Kier alpha value is -1.46. The molecule has 0 spiro atoms. The molecule has 2 nitrogen and oxygen atoms in total. The molecule has 0 saturated carbocycles. The van der Waals surface area contributed by atoms with Crippen molar-refractivity contribution in [3.63, 3.8) is 0 Å². The summed E-state index contributed by atoms with van der Waals surface area (Å²) < 4.78 is 33.6. The van der Waals surface area contributed by atoms with Crippen molar-refractivity contribution in [2.24, 2.45) is 0 Å². The third-order valence-electron chi connectivity index (χ3n) is 4.42. The molecule has 0 radical (unpaired) electrons. The molecule has 0 aromatic heterocycles. The molecule has 0 bridgehead atoms. The molecule has 0 N–H and O–H groups in total. The number of benzene rings is 2. The summed E-state index contributed by atoms with van der Waals surface area (Å²) in [5.41, 5.74) is 2.23. The topological polar surface area (TPSA) is 12.5 Å². The molecule has 0 aliphatic carbocycles. The molecule has 1 fully saturated rings. The van der Waals surface area contributed by atoms with Gasteiger partial charge in [0.15, 0.2) is 0 Å². The van der Waals surface area contributed by atoms with Gasteiger partial charge in [0, 0.05) is 13.0 Å². The molecule has 134 valence electrons. The van der Waals surface area contributed by atoms with E-state index in [9.17, 15) is 8.78 Å². The van der Waals surface area contributed by atoms with Gasteiger partial charge in [-0.1, -0.05) is 36.4 Å². The number of piperidine rings is 1. The van der Waals surface area contributed by atoms with Gasteiger partial charge in [-0.25, -0.2) is 8.78 Å². The smallest absolute Gasteiger partial charge is 0.260 e. The van der Waals surface area contributed by atoms with E-state index in [-0.39, 0.29) is 13.0 Å². The maximum Gasteiger partial charge on any atom is 0.260 e. The lowest BCUT2D eigenvalue weighted by molar-refractivity contribution is -0.0635. The van der Waals surface area contributed by atoms with Crippen molar-refractivity contribution < 1.29 is 13.5 Å². The maximum atomic E-state index is 13.5. The summed E-state index contributed by atoms with van der Waals surface area (Å²) in [5, 5.41) is 0. The first-order valence-corrected chi connectivity index (χ1v) is 9.36. The van der Waals surface area contributed by atoms with E-state index in [0.29, 0.717) is 19.6 Å². The second-order valence-electron chi connectivity index (χ2n) is 6.52. The summed E-state index contributed by atoms with van der Waals surface area (Å²) in [5.74, 6) is -1.74. The van der Waals surface area contributed by atoms with Crippen LogP contribution in [-0.2, 0) is 13.0 Å². The lowest BCUT2D eigenvalue weighted by Gasteiger charge is -2.32. The van der Waals surface area contributed by atoms with E-state index in [4.69, 9.17) is 4.74 Å². The number of likely N-dealkylation sites (tertiary alicyclic amines) is 1. The molecule has 0 unspecified atom stereocenters. The monoisotopic (exact) mass is 409 g/mol. The van der Waals surface area contributed by atoms with E-state index in [1.54, 1.807) is 0 Å². The zero-order valence-electron chi connectivity index (χ0n) is 14.1. The third-order valence-corrected chi connectivity index (χ3v) is 5.04. The van der Waals surface area contributed by atoms with Gasteiger partial charge in [-0.05, 0) is 58.6 Å². The van der Waals surface area contributed by atoms with E-state index in [1.807, 2.05) is 53.4 Å². The molecule has 2 aromatic carbocycles. The van der Waals surface area contributed by atoms with Gasteiger partial charge in [-0.2, -0.15) is 0 Å². The van der Waals surface area contributed by atoms with E-state index < -0.39 is 5.92 Å². The Morgan fingerprint density at radius 3 is 2.60 bits per heavy atom. The number of halogens is 3. The molecular weight excluding hydrogens is 388 g/mol. The number of hydrogen-bond donors (Lipinski definition) is 0. The maximum absolute atomic E-state index is 13.5. The number of rotatable bonds is 6. The van der Waals surface area contributed by atoms with Gasteiger partial charge in [0.05, 0.1) is 11.0 Å². The van der Waals surface area contributed by atoms with Gasteiger partial charge in [0.25, 0.3) is 5.92 Å². The van der Waals surface area contributed by atoms with Gasteiger partial charge >= 0.3 is 0 Å². The van der Waals surface area contributed by atoms with Crippen LogP contribution in [0.15, 0.2) is 53.0 Å². The summed E-state index contributed by atoms with van der Waals surface area (Å²) >= 11 is 3.55. The van der Waals surface area contributed by atoms with Crippen LogP contribution in [-0.4, -0.2) is 30.5 Å². The van der Waals surface area contributed by atoms with Crippen molar-refractivity contribution in [3.8, 4) is 5.75 Å². The summed E-state index contributed by atoms with van der Waals surface area (Å²) in [6.45, 7) is 1.81. The highest BCUT2D eigenvalue weighted by Gasteiger charge is 2.34. The van der Waals surface area contributed by atoms with Crippen LogP contribution in [0.2, 0.25) is 0 Å². The van der Waals surface area contributed by atoms with Crippen LogP contribution >= 0.6 is 15.9 Å². The average Bonchev–Trinajstić information content (AvgIpc) is 2.59. The van der Waals surface area contributed by atoms with Crippen LogP contribution in [0.5, 0.6) is 5.75 Å². The van der Waals surface area contributed by atoms with Crippen molar-refractivity contribution in [1.82, 2.24) is 4.90 Å². The van der Waals surface area contributed by atoms with Crippen LogP contribution in [0.3, 0.4) is 0 Å². The zero-order valence-corrected chi connectivity index (χ0v) is 15.6. The van der Waals surface area contributed by atoms with Crippen LogP contribution in [0.1, 0.15) is 24.0 Å². The van der Waals surface area contributed by atoms with Crippen molar-refractivity contribution in [2.75, 3.05) is 19.6 Å². The second kappa shape index (κ2) is 8.28. The standard InChI is InChI=1S/C20H22BrF2NO/c21-18-13-16(9-12-24-11-4-10-20(22,23)15-24)7-8-19(18)25-14-17-5-2-1-3-6-17/h1-3,5-8,13H,4,9-12,14-15H2. The quantitative estimate of drug-likeness (QED) is 0.641. The first kappa shape index (κ1) is 18.3.